The molecule has 1 aromatic heterocycles. The normalized spacial score (nSPS) is 15.7. The second-order valence-electron chi connectivity index (χ2n) is 6.48. The zero-order valence-corrected chi connectivity index (χ0v) is 15.2. The van der Waals surface area contributed by atoms with Crippen LogP contribution in [0.1, 0.15) is 37.4 Å². The van der Waals surface area contributed by atoms with Gasteiger partial charge in [-0.05, 0) is 43.4 Å². The summed E-state index contributed by atoms with van der Waals surface area (Å²) in [6.45, 7) is 5.02. The van der Waals surface area contributed by atoms with Gasteiger partial charge in [0.15, 0.2) is 9.84 Å². The van der Waals surface area contributed by atoms with Gasteiger partial charge in [-0.25, -0.2) is 8.42 Å². The summed E-state index contributed by atoms with van der Waals surface area (Å²) in [4.78, 5) is 2.80. The molecular formula is C18H25N3O2S. The number of aryl methyl sites for hydroxylation is 1. The van der Waals surface area contributed by atoms with Gasteiger partial charge < -0.3 is 4.90 Å². The number of rotatable bonds is 5. The first-order valence-electron chi connectivity index (χ1n) is 8.57. The fourth-order valence-electron chi connectivity index (χ4n) is 3.21. The summed E-state index contributed by atoms with van der Waals surface area (Å²) in [5.74, 6) is 0. The fourth-order valence-corrected chi connectivity index (χ4v) is 3.84. The molecule has 24 heavy (non-hydrogen) atoms. The van der Waals surface area contributed by atoms with Gasteiger partial charge in [-0.2, -0.15) is 5.10 Å². The van der Waals surface area contributed by atoms with Gasteiger partial charge in [-0.3, -0.25) is 4.68 Å². The van der Waals surface area contributed by atoms with E-state index in [4.69, 9.17) is 5.10 Å². The van der Waals surface area contributed by atoms with E-state index in [1.807, 2.05) is 16.8 Å². The number of benzene rings is 1. The summed E-state index contributed by atoms with van der Waals surface area (Å²) >= 11 is 0. The Labute approximate surface area is 144 Å². The average molecular weight is 347 g/mol. The van der Waals surface area contributed by atoms with Crippen LogP contribution in [-0.4, -0.2) is 37.5 Å². The number of aromatic nitrogens is 2. The van der Waals surface area contributed by atoms with Crippen molar-refractivity contribution in [1.29, 1.82) is 0 Å². The molecule has 2 heterocycles. The number of anilines is 1. The fraction of sp³-hybridized carbons (Fsp3) is 0.500. The van der Waals surface area contributed by atoms with E-state index in [2.05, 4.69) is 18.0 Å². The van der Waals surface area contributed by atoms with Crippen LogP contribution in [-0.2, 0) is 22.8 Å². The van der Waals surface area contributed by atoms with Crippen molar-refractivity contribution in [2.75, 3.05) is 24.2 Å². The Morgan fingerprint density at radius 2 is 1.75 bits per heavy atom. The molecule has 1 aliphatic heterocycles. The molecule has 0 radical (unpaired) electrons. The minimum absolute atomic E-state index is 0.356. The van der Waals surface area contributed by atoms with Crippen LogP contribution < -0.4 is 4.90 Å². The maximum Gasteiger partial charge on any atom is 0.175 e. The molecule has 0 spiro atoms. The maximum absolute atomic E-state index is 11.5. The van der Waals surface area contributed by atoms with E-state index in [1.165, 1.54) is 31.2 Å². The molecule has 0 unspecified atom stereocenters. The Hall–Kier alpha value is -1.82. The third-order valence-electron chi connectivity index (χ3n) is 4.54. The quantitative estimate of drug-likeness (QED) is 0.834. The van der Waals surface area contributed by atoms with Crippen LogP contribution in [0.5, 0.6) is 0 Å². The van der Waals surface area contributed by atoms with E-state index in [9.17, 15) is 8.42 Å². The van der Waals surface area contributed by atoms with Gasteiger partial charge in [0.05, 0.1) is 22.8 Å². The second kappa shape index (κ2) is 6.97. The van der Waals surface area contributed by atoms with Crippen molar-refractivity contribution in [2.45, 2.75) is 44.0 Å². The SMILES string of the molecule is CCc1nn(Cc2ccc(S(C)(=O)=O)cc2)cc1N1CCCCC1. The number of hydrogen-bond donors (Lipinski definition) is 0. The Morgan fingerprint density at radius 1 is 1.08 bits per heavy atom. The van der Waals surface area contributed by atoms with Gasteiger partial charge in [0.1, 0.15) is 0 Å². The highest BCUT2D eigenvalue weighted by Gasteiger charge is 2.17. The van der Waals surface area contributed by atoms with E-state index in [0.717, 1.165) is 30.8 Å². The van der Waals surface area contributed by atoms with Crippen LogP contribution >= 0.6 is 0 Å². The molecule has 0 aliphatic carbocycles. The molecule has 1 aliphatic rings. The first kappa shape index (κ1) is 17.0. The number of sulfone groups is 1. The van der Waals surface area contributed by atoms with Crippen molar-refractivity contribution < 1.29 is 8.42 Å². The van der Waals surface area contributed by atoms with Gasteiger partial charge in [0.2, 0.25) is 0 Å². The molecule has 3 rings (SSSR count). The zero-order chi connectivity index (χ0) is 17.2. The smallest absolute Gasteiger partial charge is 0.175 e. The predicted molar refractivity (Wildman–Crippen MR) is 96.3 cm³/mol. The summed E-state index contributed by atoms with van der Waals surface area (Å²) in [6.07, 6.45) is 8.11. The van der Waals surface area contributed by atoms with E-state index in [1.54, 1.807) is 12.1 Å². The van der Waals surface area contributed by atoms with Crippen molar-refractivity contribution in [3.8, 4) is 0 Å². The highest BCUT2D eigenvalue weighted by molar-refractivity contribution is 7.90. The highest BCUT2D eigenvalue weighted by atomic mass is 32.2. The lowest BCUT2D eigenvalue weighted by molar-refractivity contribution is 0.576. The highest BCUT2D eigenvalue weighted by Crippen LogP contribution is 2.24. The van der Waals surface area contributed by atoms with E-state index < -0.39 is 9.84 Å². The maximum atomic E-state index is 11.5. The molecule has 6 heteroatoms. The van der Waals surface area contributed by atoms with Gasteiger partial charge in [0.25, 0.3) is 0 Å². The van der Waals surface area contributed by atoms with Gasteiger partial charge in [-0.1, -0.05) is 19.1 Å². The van der Waals surface area contributed by atoms with Crippen LogP contribution in [0.25, 0.3) is 0 Å². The standard InChI is InChI=1S/C18H25N3O2S/c1-3-17-18(20-11-5-4-6-12-20)14-21(19-17)13-15-7-9-16(10-8-15)24(2,22)23/h7-10,14H,3-6,11-13H2,1-2H3. The van der Waals surface area contributed by atoms with E-state index >= 15 is 0 Å². The Bertz CT molecular complexity index is 788. The molecule has 0 atom stereocenters. The largest absolute Gasteiger partial charge is 0.369 e. The predicted octanol–water partition coefficient (Wildman–Crippen LogP) is 2.89. The molecule has 1 aromatic carbocycles. The van der Waals surface area contributed by atoms with Crippen molar-refractivity contribution >= 4 is 15.5 Å². The van der Waals surface area contributed by atoms with Crippen LogP contribution in [0.4, 0.5) is 5.69 Å². The lowest BCUT2D eigenvalue weighted by Crippen LogP contribution is -2.29. The van der Waals surface area contributed by atoms with Crippen LogP contribution in [0.2, 0.25) is 0 Å². The molecule has 0 saturated carbocycles. The third kappa shape index (κ3) is 3.80. The van der Waals surface area contributed by atoms with Gasteiger partial charge in [-0.15, -0.1) is 0 Å². The molecule has 0 amide bonds. The molecular weight excluding hydrogens is 322 g/mol. The summed E-state index contributed by atoms with van der Waals surface area (Å²) < 4.78 is 25.1. The molecule has 130 valence electrons. The first-order chi connectivity index (χ1) is 11.5. The summed E-state index contributed by atoms with van der Waals surface area (Å²) in [5, 5.41) is 4.73. The molecule has 1 saturated heterocycles. The molecule has 5 nitrogen and oxygen atoms in total. The van der Waals surface area contributed by atoms with Crippen LogP contribution in [0.15, 0.2) is 35.4 Å². The van der Waals surface area contributed by atoms with Crippen molar-refractivity contribution in [3.63, 3.8) is 0 Å². The van der Waals surface area contributed by atoms with Gasteiger partial charge in [0, 0.05) is 25.5 Å². The van der Waals surface area contributed by atoms with Gasteiger partial charge >= 0.3 is 0 Å². The lowest BCUT2D eigenvalue weighted by atomic mass is 10.1. The number of piperidine rings is 1. The summed E-state index contributed by atoms with van der Waals surface area (Å²) in [5.41, 5.74) is 3.45. The molecule has 0 bridgehead atoms. The zero-order valence-electron chi connectivity index (χ0n) is 14.4. The lowest BCUT2D eigenvalue weighted by Gasteiger charge is -2.28. The van der Waals surface area contributed by atoms with Crippen LogP contribution in [0.3, 0.4) is 0 Å². The number of nitrogens with zero attached hydrogens (tertiary/aromatic N) is 3. The minimum Gasteiger partial charge on any atom is -0.369 e. The van der Waals surface area contributed by atoms with Crippen molar-refractivity contribution in [2.24, 2.45) is 0 Å². The monoisotopic (exact) mass is 347 g/mol. The molecule has 0 N–H and O–H groups in total. The van der Waals surface area contributed by atoms with Crippen molar-refractivity contribution in [3.05, 3.63) is 41.7 Å². The third-order valence-corrected chi connectivity index (χ3v) is 5.67. The van der Waals surface area contributed by atoms with Crippen LogP contribution in [0, 0.1) is 0 Å². The second-order valence-corrected chi connectivity index (χ2v) is 8.49. The summed E-state index contributed by atoms with van der Waals surface area (Å²) in [6, 6.07) is 7.06. The molecule has 2 aromatic rings. The van der Waals surface area contributed by atoms with Crippen molar-refractivity contribution in [1.82, 2.24) is 9.78 Å². The minimum atomic E-state index is -3.14. The van der Waals surface area contributed by atoms with E-state index in [-0.39, 0.29) is 0 Å². The van der Waals surface area contributed by atoms with E-state index in [0.29, 0.717) is 11.4 Å². The Morgan fingerprint density at radius 3 is 2.33 bits per heavy atom. The summed E-state index contributed by atoms with van der Waals surface area (Å²) in [7, 11) is -3.14. The Balaban J connectivity index is 1.79. The molecule has 1 fully saturated rings. The Kier molecular flexibility index (Phi) is 4.94. The number of hydrogen-bond acceptors (Lipinski definition) is 4. The first-order valence-corrected chi connectivity index (χ1v) is 10.5. The topological polar surface area (TPSA) is 55.2 Å². The average Bonchev–Trinajstić information content (AvgIpc) is 2.98.